The van der Waals surface area contributed by atoms with Crippen LogP contribution < -0.4 is 5.73 Å². The van der Waals surface area contributed by atoms with Crippen LogP contribution in [0.5, 0.6) is 0 Å². The van der Waals surface area contributed by atoms with Gasteiger partial charge in [0.05, 0.1) is 6.04 Å². The molecule has 0 saturated carbocycles. The van der Waals surface area contributed by atoms with Crippen molar-refractivity contribution in [2.45, 2.75) is 39.3 Å². The van der Waals surface area contributed by atoms with Crippen molar-refractivity contribution < 1.29 is 14.7 Å². The minimum Gasteiger partial charge on any atom is -0.444 e. The van der Waals surface area contributed by atoms with Gasteiger partial charge in [-0.3, -0.25) is 4.90 Å². The summed E-state index contributed by atoms with van der Waals surface area (Å²) in [6.45, 7) is 9.94. The SMILES string of the molecule is CC(C(N)=NO)N1CCN(C(=O)OC(C)(C)C)CC1. The van der Waals surface area contributed by atoms with Crippen molar-refractivity contribution in [3.63, 3.8) is 0 Å². The second-order valence-corrected chi connectivity index (χ2v) is 5.70. The fourth-order valence-electron chi connectivity index (χ4n) is 1.89. The van der Waals surface area contributed by atoms with Gasteiger partial charge in [-0.05, 0) is 27.7 Å². The number of rotatable bonds is 2. The number of carbonyl (C=O) groups is 1. The lowest BCUT2D eigenvalue weighted by molar-refractivity contribution is 0.0133. The van der Waals surface area contributed by atoms with Gasteiger partial charge in [-0.15, -0.1) is 0 Å². The molecule has 0 aromatic rings. The lowest BCUT2D eigenvalue weighted by atomic mass is 10.2. The van der Waals surface area contributed by atoms with E-state index in [1.807, 2.05) is 27.7 Å². The zero-order valence-corrected chi connectivity index (χ0v) is 12.1. The molecule has 1 fully saturated rings. The van der Waals surface area contributed by atoms with E-state index in [-0.39, 0.29) is 18.0 Å². The Bertz CT molecular complexity index is 343. The van der Waals surface area contributed by atoms with Crippen LogP contribution in [-0.4, -0.2) is 64.8 Å². The molecule has 0 bridgehead atoms. The summed E-state index contributed by atoms with van der Waals surface area (Å²) < 4.78 is 5.32. The Hall–Kier alpha value is -1.50. The first kappa shape index (κ1) is 15.6. The summed E-state index contributed by atoms with van der Waals surface area (Å²) in [5, 5.41) is 11.7. The van der Waals surface area contributed by atoms with E-state index in [2.05, 4.69) is 10.1 Å². The zero-order valence-electron chi connectivity index (χ0n) is 12.1. The summed E-state index contributed by atoms with van der Waals surface area (Å²) in [5.41, 5.74) is 5.10. The van der Waals surface area contributed by atoms with Crippen molar-refractivity contribution in [3.05, 3.63) is 0 Å². The van der Waals surface area contributed by atoms with Crippen molar-refractivity contribution in [3.8, 4) is 0 Å². The molecule has 0 spiro atoms. The Morgan fingerprint density at radius 3 is 2.26 bits per heavy atom. The third kappa shape index (κ3) is 4.59. The van der Waals surface area contributed by atoms with Gasteiger partial charge in [-0.25, -0.2) is 4.79 Å². The van der Waals surface area contributed by atoms with Crippen molar-refractivity contribution in [2.24, 2.45) is 10.9 Å². The van der Waals surface area contributed by atoms with Crippen LogP contribution in [0.1, 0.15) is 27.7 Å². The van der Waals surface area contributed by atoms with Gasteiger partial charge in [0, 0.05) is 26.2 Å². The largest absolute Gasteiger partial charge is 0.444 e. The molecule has 7 heteroatoms. The second-order valence-electron chi connectivity index (χ2n) is 5.70. The van der Waals surface area contributed by atoms with Gasteiger partial charge < -0.3 is 20.6 Å². The molecule has 1 saturated heterocycles. The maximum absolute atomic E-state index is 11.9. The van der Waals surface area contributed by atoms with Gasteiger partial charge in [0.15, 0.2) is 5.84 Å². The van der Waals surface area contributed by atoms with Crippen molar-refractivity contribution in [1.82, 2.24) is 9.80 Å². The summed E-state index contributed by atoms with van der Waals surface area (Å²) >= 11 is 0. The van der Waals surface area contributed by atoms with Crippen LogP contribution in [-0.2, 0) is 4.74 Å². The van der Waals surface area contributed by atoms with E-state index in [4.69, 9.17) is 15.7 Å². The van der Waals surface area contributed by atoms with Gasteiger partial charge in [0.1, 0.15) is 5.60 Å². The van der Waals surface area contributed by atoms with E-state index in [1.54, 1.807) is 4.90 Å². The Labute approximate surface area is 114 Å². The zero-order chi connectivity index (χ0) is 14.6. The monoisotopic (exact) mass is 272 g/mol. The molecule has 1 unspecified atom stereocenters. The molecule has 7 nitrogen and oxygen atoms in total. The smallest absolute Gasteiger partial charge is 0.410 e. The van der Waals surface area contributed by atoms with Crippen LogP contribution in [0.4, 0.5) is 4.79 Å². The number of hydrogen-bond acceptors (Lipinski definition) is 5. The van der Waals surface area contributed by atoms with E-state index in [0.29, 0.717) is 26.2 Å². The summed E-state index contributed by atoms with van der Waals surface area (Å²) in [6.07, 6.45) is -0.288. The van der Waals surface area contributed by atoms with Crippen molar-refractivity contribution in [1.29, 1.82) is 0 Å². The molecule has 0 radical (unpaired) electrons. The maximum Gasteiger partial charge on any atom is 0.410 e. The molecule has 1 amide bonds. The highest BCUT2D eigenvalue weighted by atomic mass is 16.6. The lowest BCUT2D eigenvalue weighted by Gasteiger charge is -2.37. The molecule has 0 aromatic heterocycles. The predicted molar refractivity (Wildman–Crippen MR) is 72.3 cm³/mol. The van der Waals surface area contributed by atoms with Gasteiger partial charge in [0.2, 0.25) is 0 Å². The van der Waals surface area contributed by atoms with Crippen LogP contribution in [0, 0.1) is 0 Å². The maximum atomic E-state index is 11.9. The van der Waals surface area contributed by atoms with E-state index >= 15 is 0 Å². The first-order valence-corrected chi connectivity index (χ1v) is 6.44. The van der Waals surface area contributed by atoms with Crippen molar-refractivity contribution >= 4 is 11.9 Å². The fraction of sp³-hybridized carbons (Fsp3) is 0.833. The van der Waals surface area contributed by atoms with Gasteiger partial charge in [0.25, 0.3) is 0 Å². The number of amides is 1. The number of amidine groups is 1. The lowest BCUT2D eigenvalue weighted by Crippen LogP contribution is -2.54. The molecule has 0 aliphatic carbocycles. The molecular weight excluding hydrogens is 248 g/mol. The molecule has 19 heavy (non-hydrogen) atoms. The number of ether oxygens (including phenoxy) is 1. The molecule has 110 valence electrons. The average Bonchev–Trinajstić information content (AvgIpc) is 2.35. The van der Waals surface area contributed by atoms with Crippen LogP contribution >= 0.6 is 0 Å². The van der Waals surface area contributed by atoms with E-state index in [1.165, 1.54) is 0 Å². The van der Waals surface area contributed by atoms with Crippen molar-refractivity contribution in [2.75, 3.05) is 26.2 Å². The third-order valence-corrected chi connectivity index (χ3v) is 3.06. The normalized spacial score (nSPS) is 20.2. The van der Waals surface area contributed by atoms with Crippen LogP contribution in [0.25, 0.3) is 0 Å². The van der Waals surface area contributed by atoms with E-state index < -0.39 is 5.60 Å². The number of piperazine rings is 1. The third-order valence-electron chi connectivity index (χ3n) is 3.06. The standard InChI is InChI=1S/C12H24N4O3/c1-9(10(13)14-18)15-5-7-16(8-6-15)11(17)19-12(2,3)4/h9,18H,5-8H2,1-4H3,(H2,13,14). The Kier molecular flexibility index (Phi) is 4.99. The Morgan fingerprint density at radius 2 is 1.84 bits per heavy atom. The van der Waals surface area contributed by atoms with E-state index in [9.17, 15) is 4.79 Å². The van der Waals surface area contributed by atoms with Crippen LogP contribution in [0.15, 0.2) is 5.16 Å². The summed E-state index contributed by atoms with van der Waals surface area (Å²) in [4.78, 5) is 15.6. The fourth-order valence-corrected chi connectivity index (χ4v) is 1.89. The summed E-state index contributed by atoms with van der Waals surface area (Å²) in [7, 11) is 0. The Balaban J connectivity index is 2.47. The molecule has 1 aliphatic rings. The second kappa shape index (κ2) is 6.10. The highest BCUT2D eigenvalue weighted by Crippen LogP contribution is 2.13. The molecule has 1 heterocycles. The first-order chi connectivity index (χ1) is 8.74. The quantitative estimate of drug-likeness (QED) is 0.334. The number of nitrogens with zero attached hydrogens (tertiary/aromatic N) is 3. The molecule has 0 aromatic carbocycles. The summed E-state index contributed by atoms with van der Waals surface area (Å²) in [6, 6.07) is -0.134. The molecule has 3 N–H and O–H groups in total. The van der Waals surface area contributed by atoms with Crippen LogP contribution in [0.2, 0.25) is 0 Å². The highest BCUT2D eigenvalue weighted by Gasteiger charge is 2.28. The average molecular weight is 272 g/mol. The number of hydrogen-bond donors (Lipinski definition) is 2. The van der Waals surface area contributed by atoms with Gasteiger partial charge >= 0.3 is 6.09 Å². The number of oxime groups is 1. The van der Waals surface area contributed by atoms with Crippen LogP contribution in [0.3, 0.4) is 0 Å². The predicted octanol–water partition coefficient (Wildman–Crippen LogP) is 0.674. The molecule has 1 aliphatic heterocycles. The molecule has 1 rings (SSSR count). The Morgan fingerprint density at radius 1 is 1.32 bits per heavy atom. The minimum atomic E-state index is -0.477. The number of carbonyl (C=O) groups excluding carboxylic acids is 1. The van der Waals surface area contributed by atoms with Gasteiger partial charge in [-0.1, -0.05) is 5.16 Å². The highest BCUT2D eigenvalue weighted by molar-refractivity contribution is 5.84. The number of nitrogens with two attached hydrogens (primary N) is 1. The molecular formula is C12H24N4O3. The summed E-state index contributed by atoms with van der Waals surface area (Å²) in [5.74, 6) is 0.186. The first-order valence-electron chi connectivity index (χ1n) is 6.44. The molecule has 1 atom stereocenters. The topological polar surface area (TPSA) is 91.4 Å². The van der Waals surface area contributed by atoms with E-state index in [0.717, 1.165) is 0 Å². The van der Waals surface area contributed by atoms with Gasteiger partial charge in [-0.2, -0.15) is 0 Å². The minimum absolute atomic E-state index is 0.134.